The molecule has 9 heteroatoms. The topological polar surface area (TPSA) is 82.9 Å². The zero-order chi connectivity index (χ0) is 20.8. The normalized spacial score (nSPS) is 20.8. The molecular formula is C20H25FN4O3S. The maximum atomic E-state index is 14.4. The first-order valence-electron chi connectivity index (χ1n) is 9.76. The first-order valence-corrected chi connectivity index (χ1v) is 10.9. The molecule has 2 aliphatic rings. The fourth-order valence-electron chi connectivity index (χ4n) is 3.39. The number of hydrogen-bond acceptors (Lipinski definition) is 7. The van der Waals surface area contributed by atoms with Gasteiger partial charge in [-0.3, -0.25) is 0 Å². The van der Waals surface area contributed by atoms with Crippen LogP contribution in [0.5, 0.6) is 5.88 Å². The molecule has 0 N–H and O–H groups in total. The van der Waals surface area contributed by atoms with Gasteiger partial charge in [0.25, 0.3) is 5.88 Å². The quantitative estimate of drug-likeness (QED) is 0.561. The van der Waals surface area contributed by atoms with Crippen LogP contribution in [0, 0.1) is 5.82 Å². The van der Waals surface area contributed by atoms with Gasteiger partial charge >= 0.3 is 0 Å². The number of anilines is 1. The molecule has 0 radical (unpaired) electrons. The van der Waals surface area contributed by atoms with Crippen molar-refractivity contribution in [3.63, 3.8) is 0 Å². The maximum absolute atomic E-state index is 14.4. The van der Waals surface area contributed by atoms with Crippen molar-refractivity contribution < 1.29 is 18.4 Å². The number of halogens is 1. The summed E-state index contributed by atoms with van der Waals surface area (Å²) in [5.41, 5.74) is 2.00. The van der Waals surface area contributed by atoms with E-state index >= 15 is 0 Å². The molecule has 2 aromatic rings. The number of hydrogen-bond donors (Lipinski definition) is 0. The average Bonchev–Trinajstić information content (AvgIpc) is 2.69. The third-order valence-corrected chi connectivity index (χ3v) is 6.39. The van der Waals surface area contributed by atoms with E-state index in [4.69, 9.17) is 14.5 Å². The number of benzene rings is 1. The second-order valence-electron chi connectivity index (χ2n) is 8.16. The fourth-order valence-corrected chi connectivity index (χ4v) is 4.09. The Labute approximate surface area is 172 Å². The summed E-state index contributed by atoms with van der Waals surface area (Å²) in [6.07, 6.45) is 0.496. The van der Waals surface area contributed by atoms with E-state index in [0.29, 0.717) is 66.8 Å². The SMILES string of the molecule is CCC(=N[S+]([O-])C(C)(C)C)c1cc(F)cc2nc3c(nc12)N1CCOC[C@H]1CO3. The highest BCUT2D eigenvalue weighted by Gasteiger charge is 2.33. The van der Waals surface area contributed by atoms with Crippen molar-refractivity contribution in [2.75, 3.05) is 31.3 Å². The fraction of sp³-hybridized carbons (Fsp3) is 0.550. The summed E-state index contributed by atoms with van der Waals surface area (Å²) >= 11 is -1.46. The van der Waals surface area contributed by atoms with Gasteiger partial charge in [-0.15, -0.1) is 0 Å². The third-order valence-electron chi connectivity index (χ3n) is 4.96. The molecule has 1 saturated heterocycles. The van der Waals surface area contributed by atoms with E-state index in [9.17, 15) is 8.94 Å². The van der Waals surface area contributed by atoms with E-state index in [1.807, 2.05) is 27.7 Å². The van der Waals surface area contributed by atoms with Crippen molar-refractivity contribution in [1.82, 2.24) is 9.97 Å². The first kappa shape index (κ1) is 20.3. The highest BCUT2D eigenvalue weighted by molar-refractivity contribution is 7.91. The number of morpholine rings is 1. The summed E-state index contributed by atoms with van der Waals surface area (Å²) in [5, 5.41) is 0. The highest BCUT2D eigenvalue weighted by atomic mass is 32.2. The van der Waals surface area contributed by atoms with Crippen molar-refractivity contribution in [3.8, 4) is 5.88 Å². The number of ether oxygens (including phenoxy) is 2. The first-order chi connectivity index (χ1) is 13.8. The van der Waals surface area contributed by atoms with Crippen molar-refractivity contribution in [2.45, 2.75) is 44.9 Å². The summed E-state index contributed by atoms with van der Waals surface area (Å²) in [6, 6.07) is 2.82. The molecule has 0 amide bonds. The lowest BCUT2D eigenvalue weighted by Crippen LogP contribution is -2.51. The van der Waals surface area contributed by atoms with Gasteiger partial charge in [0.1, 0.15) is 39.8 Å². The van der Waals surface area contributed by atoms with E-state index in [1.54, 1.807) is 0 Å². The lowest BCUT2D eigenvalue weighted by atomic mass is 10.1. The minimum absolute atomic E-state index is 0.0830. The second kappa shape index (κ2) is 7.70. The Morgan fingerprint density at radius 3 is 2.86 bits per heavy atom. The molecule has 3 heterocycles. The molecule has 1 fully saturated rings. The van der Waals surface area contributed by atoms with Crippen LogP contribution in [0.2, 0.25) is 0 Å². The highest BCUT2D eigenvalue weighted by Crippen LogP contribution is 2.34. The van der Waals surface area contributed by atoms with Gasteiger partial charge in [0.05, 0.1) is 24.8 Å². The molecule has 29 heavy (non-hydrogen) atoms. The van der Waals surface area contributed by atoms with E-state index in [2.05, 4.69) is 14.3 Å². The van der Waals surface area contributed by atoms with Crippen LogP contribution in [-0.4, -0.2) is 57.4 Å². The van der Waals surface area contributed by atoms with E-state index in [0.717, 1.165) is 0 Å². The van der Waals surface area contributed by atoms with Gasteiger partial charge in [0, 0.05) is 18.2 Å². The lowest BCUT2D eigenvalue weighted by molar-refractivity contribution is 0.0686. The third kappa shape index (κ3) is 3.91. The van der Waals surface area contributed by atoms with Crippen LogP contribution in [0.4, 0.5) is 10.2 Å². The maximum Gasteiger partial charge on any atom is 0.258 e. The predicted molar refractivity (Wildman–Crippen MR) is 112 cm³/mol. The number of fused-ring (bicyclic) bond motifs is 4. The van der Waals surface area contributed by atoms with Gasteiger partial charge in [0.2, 0.25) is 0 Å². The Bertz CT molecular complexity index is 963. The van der Waals surface area contributed by atoms with Crippen LogP contribution >= 0.6 is 0 Å². The zero-order valence-electron chi connectivity index (χ0n) is 17.1. The van der Waals surface area contributed by atoms with Crippen molar-refractivity contribution in [2.24, 2.45) is 4.40 Å². The van der Waals surface area contributed by atoms with Gasteiger partial charge in [-0.25, -0.2) is 14.4 Å². The molecular weight excluding hydrogens is 395 g/mol. The average molecular weight is 421 g/mol. The Hall–Kier alpha value is -1.97. The van der Waals surface area contributed by atoms with Gasteiger partial charge in [-0.1, -0.05) is 11.3 Å². The van der Waals surface area contributed by atoms with Crippen molar-refractivity contribution in [3.05, 3.63) is 23.5 Å². The summed E-state index contributed by atoms with van der Waals surface area (Å²) in [5.74, 6) is 0.599. The van der Waals surface area contributed by atoms with Gasteiger partial charge in [0.15, 0.2) is 5.82 Å². The number of aromatic nitrogens is 2. The molecule has 2 atom stereocenters. The van der Waals surface area contributed by atoms with Crippen LogP contribution in [-0.2, 0) is 16.1 Å². The van der Waals surface area contributed by atoms with Crippen LogP contribution < -0.4 is 9.64 Å². The van der Waals surface area contributed by atoms with Crippen molar-refractivity contribution in [1.29, 1.82) is 0 Å². The van der Waals surface area contributed by atoms with Crippen LogP contribution in [0.3, 0.4) is 0 Å². The van der Waals surface area contributed by atoms with E-state index < -0.39 is 21.9 Å². The molecule has 1 aromatic carbocycles. The smallest absolute Gasteiger partial charge is 0.258 e. The molecule has 2 aliphatic heterocycles. The Morgan fingerprint density at radius 2 is 2.14 bits per heavy atom. The second-order valence-corrected chi connectivity index (χ2v) is 10.1. The van der Waals surface area contributed by atoms with E-state index in [1.165, 1.54) is 12.1 Å². The van der Waals surface area contributed by atoms with Gasteiger partial charge in [-0.2, -0.15) is 0 Å². The number of nitrogens with zero attached hydrogens (tertiary/aromatic N) is 4. The minimum atomic E-state index is -1.46. The monoisotopic (exact) mass is 420 g/mol. The lowest BCUT2D eigenvalue weighted by Gasteiger charge is -2.39. The van der Waals surface area contributed by atoms with Crippen LogP contribution in [0.1, 0.15) is 39.7 Å². The molecule has 0 bridgehead atoms. The zero-order valence-corrected chi connectivity index (χ0v) is 17.9. The minimum Gasteiger partial charge on any atom is -0.591 e. The van der Waals surface area contributed by atoms with E-state index in [-0.39, 0.29) is 6.04 Å². The molecule has 1 aromatic heterocycles. The summed E-state index contributed by atoms with van der Waals surface area (Å²) in [4.78, 5) is 11.5. The molecule has 7 nitrogen and oxygen atoms in total. The van der Waals surface area contributed by atoms with Crippen LogP contribution in [0.25, 0.3) is 11.0 Å². The Morgan fingerprint density at radius 1 is 1.34 bits per heavy atom. The molecule has 4 rings (SSSR count). The molecule has 0 spiro atoms. The van der Waals surface area contributed by atoms with Crippen molar-refractivity contribution >= 4 is 33.9 Å². The van der Waals surface area contributed by atoms with Gasteiger partial charge in [-0.05, 0) is 33.3 Å². The summed E-state index contributed by atoms with van der Waals surface area (Å²) < 4.78 is 42.2. The molecule has 0 aliphatic carbocycles. The summed E-state index contributed by atoms with van der Waals surface area (Å²) in [6.45, 7) is 9.81. The van der Waals surface area contributed by atoms with Crippen LogP contribution in [0.15, 0.2) is 16.5 Å². The number of rotatable bonds is 3. The largest absolute Gasteiger partial charge is 0.591 e. The molecule has 0 saturated carbocycles. The summed E-state index contributed by atoms with van der Waals surface area (Å²) in [7, 11) is 0. The standard InChI is InChI=1S/C20H25FN4O3S/c1-5-15(24-29(26)20(2,3)4)14-8-12(21)9-16-17(14)23-18-19(22-16)28-11-13-10-27-7-6-25(13)18/h8-9,13H,5-7,10-11H2,1-4H3/t13-,29?/m0/s1. The molecule has 1 unspecified atom stereocenters. The Kier molecular flexibility index (Phi) is 5.39. The predicted octanol–water partition coefficient (Wildman–Crippen LogP) is 3.03. The van der Waals surface area contributed by atoms with Gasteiger partial charge < -0.3 is 18.9 Å². The molecule has 156 valence electrons. The Balaban J connectivity index is 1.87.